The Kier molecular flexibility index (Phi) is 5.25. The van der Waals surface area contributed by atoms with Crippen LogP contribution in [0.15, 0.2) is 0 Å². The highest BCUT2D eigenvalue weighted by molar-refractivity contribution is 7.91. The van der Waals surface area contributed by atoms with Crippen LogP contribution in [-0.4, -0.2) is 44.5 Å². The van der Waals surface area contributed by atoms with Gasteiger partial charge in [-0.05, 0) is 37.8 Å². The summed E-state index contributed by atoms with van der Waals surface area (Å²) in [6.45, 7) is 9.15. The van der Waals surface area contributed by atoms with E-state index in [-0.39, 0.29) is 5.75 Å². The van der Waals surface area contributed by atoms with Crippen molar-refractivity contribution < 1.29 is 8.42 Å². The van der Waals surface area contributed by atoms with Gasteiger partial charge in [-0.25, -0.2) is 8.42 Å². The van der Waals surface area contributed by atoms with Gasteiger partial charge >= 0.3 is 0 Å². The molecule has 0 aromatic carbocycles. The topological polar surface area (TPSA) is 37.4 Å². The van der Waals surface area contributed by atoms with Gasteiger partial charge < -0.3 is 4.90 Å². The molecule has 0 atom stereocenters. The molecule has 1 fully saturated rings. The predicted octanol–water partition coefficient (Wildman–Crippen LogP) is 1.79. The number of piperidine rings is 1. The van der Waals surface area contributed by atoms with Crippen molar-refractivity contribution in [3.8, 4) is 0 Å². The summed E-state index contributed by atoms with van der Waals surface area (Å²) in [7, 11) is -2.79. The highest BCUT2D eigenvalue weighted by Crippen LogP contribution is 2.24. The largest absolute Gasteiger partial charge is 0.302 e. The lowest BCUT2D eigenvalue weighted by atomic mass is 9.87. The third-order valence-corrected chi connectivity index (χ3v) is 5.42. The molecule has 1 aliphatic heterocycles. The van der Waals surface area contributed by atoms with Crippen LogP contribution in [0.25, 0.3) is 0 Å². The maximum absolute atomic E-state index is 11.4. The maximum atomic E-state index is 11.4. The molecule has 0 bridgehead atoms. The molecule has 96 valence electrons. The van der Waals surface area contributed by atoms with Gasteiger partial charge in [-0.3, -0.25) is 0 Å². The number of nitrogens with zero attached hydrogens (tertiary/aromatic N) is 1. The predicted molar refractivity (Wildman–Crippen MR) is 68.3 cm³/mol. The second-order valence-electron chi connectivity index (χ2n) is 5.16. The Hall–Kier alpha value is -0.0900. The zero-order valence-corrected chi connectivity index (χ0v) is 11.6. The first-order chi connectivity index (χ1) is 7.44. The van der Waals surface area contributed by atoms with Gasteiger partial charge in [-0.1, -0.05) is 20.8 Å². The van der Waals surface area contributed by atoms with Crippen LogP contribution >= 0.6 is 0 Å². The summed E-state index contributed by atoms with van der Waals surface area (Å²) in [6.07, 6.45) is 2.45. The molecule has 1 saturated heterocycles. The van der Waals surface area contributed by atoms with Gasteiger partial charge in [0.2, 0.25) is 0 Å². The van der Waals surface area contributed by atoms with Gasteiger partial charge in [-0.15, -0.1) is 0 Å². The van der Waals surface area contributed by atoms with E-state index in [0.717, 1.165) is 31.5 Å². The second-order valence-corrected chi connectivity index (χ2v) is 7.63. The molecule has 0 N–H and O–H groups in total. The highest BCUT2D eigenvalue weighted by Gasteiger charge is 2.22. The molecule has 1 heterocycles. The molecule has 16 heavy (non-hydrogen) atoms. The maximum Gasteiger partial charge on any atom is 0.151 e. The van der Waals surface area contributed by atoms with Crippen molar-refractivity contribution in [3.05, 3.63) is 0 Å². The molecule has 1 aliphatic rings. The van der Waals surface area contributed by atoms with Crippen LogP contribution in [0.3, 0.4) is 0 Å². The summed E-state index contributed by atoms with van der Waals surface area (Å²) in [6, 6.07) is 0. The average molecular weight is 247 g/mol. The van der Waals surface area contributed by atoms with Crippen molar-refractivity contribution >= 4 is 9.84 Å². The SMILES string of the molecule is CCS(=O)(=O)CCN1CCC(C(C)C)CC1. The van der Waals surface area contributed by atoms with Gasteiger partial charge in [0.25, 0.3) is 0 Å². The molecule has 0 radical (unpaired) electrons. The Bertz CT molecular complexity index is 290. The first-order valence-corrected chi connectivity index (χ1v) is 8.19. The molecule has 0 amide bonds. The molecular weight excluding hydrogens is 222 g/mol. The molecular formula is C12H25NO2S. The third kappa shape index (κ3) is 4.42. The van der Waals surface area contributed by atoms with E-state index in [9.17, 15) is 8.42 Å². The molecule has 0 unspecified atom stereocenters. The summed E-state index contributed by atoms with van der Waals surface area (Å²) in [5, 5.41) is 0. The van der Waals surface area contributed by atoms with E-state index in [2.05, 4.69) is 18.7 Å². The summed E-state index contributed by atoms with van der Waals surface area (Å²) in [5.41, 5.74) is 0. The smallest absolute Gasteiger partial charge is 0.151 e. The number of likely N-dealkylation sites (tertiary alicyclic amines) is 1. The van der Waals surface area contributed by atoms with Crippen molar-refractivity contribution in [2.75, 3.05) is 31.1 Å². The van der Waals surface area contributed by atoms with Crippen LogP contribution < -0.4 is 0 Å². The number of hydrogen-bond acceptors (Lipinski definition) is 3. The van der Waals surface area contributed by atoms with Crippen molar-refractivity contribution in [3.63, 3.8) is 0 Å². The molecule has 0 aromatic heterocycles. The first-order valence-electron chi connectivity index (χ1n) is 6.37. The fraction of sp³-hybridized carbons (Fsp3) is 1.00. The van der Waals surface area contributed by atoms with Crippen LogP contribution in [0.2, 0.25) is 0 Å². The minimum Gasteiger partial charge on any atom is -0.302 e. The summed E-state index contributed by atoms with van der Waals surface area (Å²) in [5.74, 6) is 2.20. The van der Waals surface area contributed by atoms with E-state index < -0.39 is 9.84 Å². The summed E-state index contributed by atoms with van der Waals surface area (Å²) >= 11 is 0. The summed E-state index contributed by atoms with van der Waals surface area (Å²) in [4.78, 5) is 2.30. The van der Waals surface area contributed by atoms with Crippen LogP contribution in [0.1, 0.15) is 33.6 Å². The number of sulfone groups is 1. The Balaban J connectivity index is 2.28. The van der Waals surface area contributed by atoms with E-state index >= 15 is 0 Å². The van der Waals surface area contributed by atoms with Gasteiger partial charge in [0.1, 0.15) is 0 Å². The Morgan fingerprint density at radius 2 is 1.81 bits per heavy atom. The lowest BCUT2D eigenvalue weighted by Gasteiger charge is -2.33. The fourth-order valence-electron chi connectivity index (χ4n) is 2.26. The zero-order chi connectivity index (χ0) is 12.2. The minimum absolute atomic E-state index is 0.273. The molecule has 1 rings (SSSR count). The fourth-order valence-corrected chi connectivity index (χ4v) is 3.08. The zero-order valence-electron chi connectivity index (χ0n) is 10.8. The van der Waals surface area contributed by atoms with E-state index in [0.29, 0.717) is 5.75 Å². The lowest BCUT2D eigenvalue weighted by Crippen LogP contribution is -2.38. The van der Waals surface area contributed by atoms with Gasteiger partial charge in [0, 0.05) is 12.3 Å². The molecule has 0 spiro atoms. The van der Waals surface area contributed by atoms with Crippen LogP contribution in [0, 0.1) is 11.8 Å². The number of hydrogen-bond donors (Lipinski definition) is 0. The van der Waals surface area contributed by atoms with E-state index in [1.807, 2.05) is 0 Å². The summed E-state index contributed by atoms with van der Waals surface area (Å²) < 4.78 is 22.8. The minimum atomic E-state index is -2.79. The van der Waals surface area contributed by atoms with Crippen LogP contribution in [-0.2, 0) is 9.84 Å². The van der Waals surface area contributed by atoms with E-state index in [1.165, 1.54) is 12.8 Å². The molecule has 3 nitrogen and oxygen atoms in total. The monoisotopic (exact) mass is 247 g/mol. The lowest BCUT2D eigenvalue weighted by molar-refractivity contribution is 0.165. The molecule has 0 saturated carbocycles. The quantitative estimate of drug-likeness (QED) is 0.743. The second kappa shape index (κ2) is 6.01. The number of rotatable bonds is 5. The van der Waals surface area contributed by atoms with E-state index in [4.69, 9.17) is 0 Å². The Morgan fingerprint density at radius 3 is 2.25 bits per heavy atom. The molecule has 0 aliphatic carbocycles. The van der Waals surface area contributed by atoms with Gasteiger partial charge in [-0.2, -0.15) is 0 Å². The van der Waals surface area contributed by atoms with Crippen molar-refractivity contribution in [1.29, 1.82) is 0 Å². The average Bonchev–Trinajstić information content (AvgIpc) is 2.27. The Morgan fingerprint density at radius 1 is 1.25 bits per heavy atom. The normalized spacial score (nSPS) is 20.5. The third-order valence-electron chi connectivity index (χ3n) is 3.73. The van der Waals surface area contributed by atoms with Crippen LogP contribution in [0.4, 0.5) is 0 Å². The van der Waals surface area contributed by atoms with Gasteiger partial charge in [0.05, 0.1) is 5.75 Å². The standard InChI is InChI=1S/C12H25NO2S/c1-4-16(14,15)10-9-13-7-5-12(6-8-13)11(2)3/h11-12H,4-10H2,1-3H3. The highest BCUT2D eigenvalue weighted by atomic mass is 32.2. The van der Waals surface area contributed by atoms with Crippen molar-refractivity contribution in [1.82, 2.24) is 4.90 Å². The van der Waals surface area contributed by atoms with Crippen LogP contribution in [0.5, 0.6) is 0 Å². The first kappa shape index (κ1) is 14.0. The molecule has 4 heteroatoms. The van der Waals surface area contributed by atoms with Crippen molar-refractivity contribution in [2.24, 2.45) is 11.8 Å². The van der Waals surface area contributed by atoms with Gasteiger partial charge in [0.15, 0.2) is 9.84 Å². The molecule has 0 aromatic rings. The Labute approximate surface area is 100 Å². The van der Waals surface area contributed by atoms with E-state index in [1.54, 1.807) is 6.92 Å². The van der Waals surface area contributed by atoms with Crippen molar-refractivity contribution in [2.45, 2.75) is 33.6 Å².